The first-order valence-electron chi connectivity index (χ1n) is 11.8. The van der Waals surface area contributed by atoms with Crippen LogP contribution in [0.25, 0.3) is 0 Å². The molecule has 0 radical (unpaired) electrons. The quantitative estimate of drug-likeness (QED) is 0.685. The van der Waals surface area contributed by atoms with Crippen LogP contribution in [0.4, 0.5) is 0 Å². The molecule has 6 heteroatoms. The van der Waals surface area contributed by atoms with Gasteiger partial charge in [-0.3, -0.25) is 9.59 Å². The van der Waals surface area contributed by atoms with Crippen molar-refractivity contribution in [1.29, 1.82) is 5.26 Å². The van der Waals surface area contributed by atoms with E-state index >= 15 is 0 Å². The average Bonchev–Trinajstić information content (AvgIpc) is 2.87. The third kappa shape index (κ3) is 5.73. The Balaban J connectivity index is 1.28. The predicted octanol–water partition coefficient (Wildman–Crippen LogP) is 4.36. The van der Waals surface area contributed by atoms with Gasteiger partial charge in [0.1, 0.15) is 5.75 Å². The van der Waals surface area contributed by atoms with E-state index in [1.807, 2.05) is 34.1 Å². The van der Waals surface area contributed by atoms with Gasteiger partial charge in [0.25, 0.3) is 11.8 Å². The molecule has 2 heterocycles. The van der Waals surface area contributed by atoms with Gasteiger partial charge >= 0.3 is 0 Å². The molecule has 4 rings (SSSR count). The Morgan fingerprint density at radius 2 is 1.52 bits per heavy atom. The van der Waals surface area contributed by atoms with E-state index in [1.54, 1.807) is 24.3 Å². The summed E-state index contributed by atoms with van der Waals surface area (Å²) < 4.78 is 6.00. The number of nitriles is 1. The Labute approximate surface area is 195 Å². The molecule has 0 spiro atoms. The van der Waals surface area contributed by atoms with Gasteiger partial charge in [-0.05, 0) is 80.1 Å². The number of rotatable bonds is 5. The lowest BCUT2D eigenvalue weighted by Gasteiger charge is -2.32. The van der Waals surface area contributed by atoms with Crippen LogP contribution in [-0.4, -0.2) is 54.4 Å². The van der Waals surface area contributed by atoms with Gasteiger partial charge in [-0.2, -0.15) is 5.26 Å². The summed E-state index contributed by atoms with van der Waals surface area (Å²) in [6.07, 6.45) is 4.09. The van der Waals surface area contributed by atoms with E-state index in [0.29, 0.717) is 35.8 Å². The number of carbonyl (C=O) groups is 2. The van der Waals surface area contributed by atoms with E-state index in [9.17, 15) is 9.59 Å². The Hall–Kier alpha value is -3.33. The fraction of sp³-hybridized carbons (Fsp3) is 0.444. The number of ether oxygens (including phenoxy) is 1. The lowest BCUT2D eigenvalue weighted by atomic mass is 9.98. The van der Waals surface area contributed by atoms with Crippen molar-refractivity contribution in [2.24, 2.45) is 11.8 Å². The van der Waals surface area contributed by atoms with Gasteiger partial charge in [0.2, 0.25) is 0 Å². The topological polar surface area (TPSA) is 73.6 Å². The summed E-state index contributed by atoms with van der Waals surface area (Å²) in [4.78, 5) is 29.4. The molecular formula is C27H31N3O3. The molecule has 2 aliphatic heterocycles. The van der Waals surface area contributed by atoms with E-state index in [4.69, 9.17) is 10.00 Å². The third-order valence-corrected chi connectivity index (χ3v) is 6.72. The Morgan fingerprint density at radius 3 is 2.15 bits per heavy atom. The molecule has 0 N–H and O–H groups in total. The predicted molar refractivity (Wildman–Crippen MR) is 126 cm³/mol. The van der Waals surface area contributed by atoms with Crippen LogP contribution in [0.15, 0.2) is 48.5 Å². The third-order valence-electron chi connectivity index (χ3n) is 6.72. The summed E-state index contributed by atoms with van der Waals surface area (Å²) in [5.41, 5.74) is 1.86. The normalized spacial score (nSPS) is 19.1. The smallest absolute Gasteiger partial charge is 0.253 e. The highest BCUT2D eigenvalue weighted by atomic mass is 16.5. The number of carbonyl (C=O) groups excluding carboxylic acids is 2. The molecule has 0 aliphatic carbocycles. The number of hydrogen-bond donors (Lipinski definition) is 0. The molecule has 0 aromatic heterocycles. The van der Waals surface area contributed by atoms with Gasteiger partial charge in [-0.15, -0.1) is 0 Å². The van der Waals surface area contributed by atoms with Crippen LogP contribution < -0.4 is 4.74 Å². The van der Waals surface area contributed by atoms with Crippen molar-refractivity contribution in [3.63, 3.8) is 0 Å². The van der Waals surface area contributed by atoms with Gasteiger partial charge < -0.3 is 14.5 Å². The first-order valence-corrected chi connectivity index (χ1v) is 11.8. The summed E-state index contributed by atoms with van der Waals surface area (Å²) >= 11 is 0. The monoisotopic (exact) mass is 445 g/mol. The number of likely N-dealkylation sites (tertiary alicyclic amines) is 2. The Kier molecular flexibility index (Phi) is 7.29. The second-order valence-corrected chi connectivity index (χ2v) is 9.26. The molecule has 1 atom stereocenters. The van der Waals surface area contributed by atoms with E-state index in [2.05, 4.69) is 13.0 Å². The second-order valence-electron chi connectivity index (χ2n) is 9.26. The lowest BCUT2D eigenvalue weighted by molar-refractivity contribution is 0.0633. The van der Waals surface area contributed by atoms with Crippen molar-refractivity contribution in [1.82, 2.24) is 9.80 Å². The zero-order valence-corrected chi connectivity index (χ0v) is 19.2. The van der Waals surface area contributed by atoms with Gasteiger partial charge in [0.05, 0.1) is 18.2 Å². The SMILES string of the molecule is CC1CCN(C(=O)c2ccc(OC[C@H]3CCCN(C(=O)c4ccc(C#N)cc4)C3)cc2)CC1. The highest BCUT2D eigenvalue weighted by Gasteiger charge is 2.25. The molecular weight excluding hydrogens is 414 g/mol. The zero-order chi connectivity index (χ0) is 23.2. The molecule has 2 aromatic rings. The molecule has 0 saturated carbocycles. The summed E-state index contributed by atoms with van der Waals surface area (Å²) in [5.74, 6) is 1.80. The van der Waals surface area contributed by atoms with Gasteiger partial charge in [-0.1, -0.05) is 6.92 Å². The van der Waals surface area contributed by atoms with Crippen LogP contribution in [0, 0.1) is 23.2 Å². The minimum absolute atomic E-state index is 0.000776. The molecule has 2 aromatic carbocycles. The summed E-state index contributed by atoms with van der Waals surface area (Å²) in [7, 11) is 0. The van der Waals surface area contributed by atoms with Crippen LogP contribution >= 0.6 is 0 Å². The molecule has 6 nitrogen and oxygen atoms in total. The fourth-order valence-corrected chi connectivity index (χ4v) is 4.56. The summed E-state index contributed by atoms with van der Waals surface area (Å²) in [6, 6.07) is 16.3. The molecule has 33 heavy (non-hydrogen) atoms. The van der Waals surface area contributed by atoms with Crippen LogP contribution in [0.2, 0.25) is 0 Å². The fourth-order valence-electron chi connectivity index (χ4n) is 4.56. The second kappa shape index (κ2) is 10.5. The molecule has 2 saturated heterocycles. The van der Waals surface area contributed by atoms with Crippen molar-refractivity contribution in [3.8, 4) is 11.8 Å². The molecule has 2 fully saturated rings. The van der Waals surface area contributed by atoms with Crippen molar-refractivity contribution < 1.29 is 14.3 Å². The molecule has 172 valence electrons. The number of amides is 2. The van der Waals surface area contributed by atoms with Crippen LogP contribution in [0.1, 0.15) is 58.9 Å². The van der Waals surface area contributed by atoms with Crippen molar-refractivity contribution in [2.45, 2.75) is 32.6 Å². The van der Waals surface area contributed by atoms with Crippen LogP contribution in [-0.2, 0) is 0 Å². The highest BCUT2D eigenvalue weighted by Crippen LogP contribution is 2.22. The first-order chi connectivity index (χ1) is 16.0. The maximum atomic E-state index is 12.8. The first kappa shape index (κ1) is 22.8. The standard InChI is InChI=1S/C27H31N3O3/c1-20-12-15-29(16-13-20)26(31)24-8-10-25(11-9-24)33-19-22-3-2-14-30(18-22)27(32)23-6-4-21(17-28)5-7-23/h4-11,20,22H,2-3,12-16,18-19H2,1H3/t22-/m0/s1. The Morgan fingerprint density at radius 1 is 0.909 bits per heavy atom. The minimum Gasteiger partial charge on any atom is -0.493 e. The average molecular weight is 446 g/mol. The molecule has 0 bridgehead atoms. The molecule has 0 unspecified atom stereocenters. The van der Waals surface area contributed by atoms with Gasteiger partial charge in [-0.25, -0.2) is 0 Å². The number of piperidine rings is 2. The van der Waals surface area contributed by atoms with E-state index in [1.165, 1.54) is 0 Å². The van der Waals surface area contributed by atoms with Crippen LogP contribution in [0.5, 0.6) is 5.75 Å². The van der Waals surface area contributed by atoms with E-state index in [-0.39, 0.29) is 17.7 Å². The minimum atomic E-state index is -0.000776. The largest absolute Gasteiger partial charge is 0.493 e. The van der Waals surface area contributed by atoms with Crippen LogP contribution in [0.3, 0.4) is 0 Å². The lowest BCUT2D eigenvalue weighted by Crippen LogP contribution is -2.41. The number of benzene rings is 2. The van der Waals surface area contributed by atoms with Crippen molar-refractivity contribution >= 4 is 11.8 Å². The van der Waals surface area contributed by atoms with Gasteiger partial charge in [0.15, 0.2) is 0 Å². The maximum absolute atomic E-state index is 12.8. The number of nitrogens with zero attached hydrogens (tertiary/aromatic N) is 3. The van der Waals surface area contributed by atoms with E-state index < -0.39 is 0 Å². The Bertz CT molecular complexity index is 1000. The van der Waals surface area contributed by atoms with Crippen molar-refractivity contribution in [2.75, 3.05) is 32.8 Å². The summed E-state index contributed by atoms with van der Waals surface area (Å²) in [6.45, 7) is 5.83. The van der Waals surface area contributed by atoms with E-state index in [0.717, 1.165) is 51.1 Å². The molecule has 2 amide bonds. The molecule has 2 aliphatic rings. The summed E-state index contributed by atoms with van der Waals surface area (Å²) in [5, 5.41) is 8.94. The highest BCUT2D eigenvalue weighted by molar-refractivity contribution is 5.95. The van der Waals surface area contributed by atoms with Crippen molar-refractivity contribution in [3.05, 3.63) is 65.2 Å². The number of hydrogen-bond acceptors (Lipinski definition) is 4. The van der Waals surface area contributed by atoms with Gasteiger partial charge in [0, 0.05) is 43.2 Å². The maximum Gasteiger partial charge on any atom is 0.253 e. The zero-order valence-electron chi connectivity index (χ0n) is 19.2.